The largest absolute Gasteiger partial charge is 0.450 e. The molecule has 0 aliphatic heterocycles. The van der Waals surface area contributed by atoms with Gasteiger partial charge in [0.15, 0.2) is 0 Å². The van der Waals surface area contributed by atoms with Crippen LogP contribution in [0.2, 0.25) is 0 Å². The van der Waals surface area contributed by atoms with Gasteiger partial charge in [-0.05, 0) is 37.0 Å². The first kappa shape index (κ1) is 13.3. The second kappa shape index (κ2) is 5.07. The van der Waals surface area contributed by atoms with Crippen molar-refractivity contribution in [1.29, 1.82) is 0 Å². The summed E-state index contributed by atoms with van der Waals surface area (Å²) in [5, 5.41) is 2.87. The van der Waals surface area contributed by atoms with E-state index >= 15 is 0 Å². The zero-order valence-electron chi connectivity index (χ0n) is 11.1. The van der Waals surface area contributed by atoms with Crippen molar-refractivity contribution in [2.45, 2.75) is 53.4 Å². The molecule has 1 amide bonds. The molecule has 0 aromatic rings. The maximum absolute atomic E-state index is 11.3. The van der Waals surface area contributed by atoms with Crippen molar-refractivity contribution >= 4 is 6.09 Å². The fourth-order valence-electron chi connectivity index (χ4n) is 2.94. The number of amides is 1. The van der Waals surface area contributed by atoms with Gasteiger partial charge >= 0.3 is 6.09 Å². The van der Waals surface area contributed by atoms with E-state index < -0.39 is 0 Å². The minimum absolute atomic E-state index is 0.231. The standard InChI is InChI=1S/C13H25NO2/c1-5-16-11(15)14-10-13(4)8-6-7-12(2,3)9-13/h5-10H2,1-4H3,(H,14,15). The predicted molar refractivity (Wildman–Crippen MR) is 65.4 cm³/mol. The summed E-state index contributed by atoms with van der Waals surface area (Å²) >= 11 is 0. The number of rotatable bonds is 3. The van der Waals surface area contributed by atoms with E-state index in [1.807, 2.05) is 6.92 Å². The van der Waals surface area contributed by atoms with Gasteiger partial charge in [-0.15, -0.1) is 0 Å². The number of carbonyl (C=O) groups excluding carboxylic acids is 1. The van der Waals surface area contributed by atoms with Crippen molar-refractivity contribution in [2.24, 2.45) is 10.8 Å². The summed E-state index contributed by atoms with van der Waals surface area (Å²) in [6, 6.07) is 0. The first-order valence-corrected chi connectivity index (χ1v) is 6.28. The average Bonchev–Trinajstić information content (AvgIpc) is 2.13. The second-order valence-corrected chi connectivity index (χ2v) is 6.08. The van der Waals surface area contributed by atoms with Crippen molar-refractivity contribution < 1.29 is 9.53 Å². The van der Waals surface area contributed by atoms with Crippen LogP contribution in [0.4, 0.5) is 4.79 Å². The summed E-state index contributed by atoms with van der Waals surface area (Å²) in [5.41, 5.74) is 0.637. The molecule has 0 heterocycles. The zero-order valence-corrected chi connectivity index (χ0v) is 11.1. The third kappa shape index (κ3) is 4.03. The number of carbonyl (C=O) groups is 1. The van der Waals surface area contributed by atoms with Gasteiger partial charge in [0.1, 0.15) is 0 Å². The van der Waals surface area contributed by atoms with Crippen LogP contribution in [-0.2, 0) is 4.74 Å². The van der Waals surface area contributed by atoms with Crippen LogP contribution < -0.4 is 5.32 Å². The van der Waals surface area contributed by atoms with Gasteiger partial charge < -0.3 is 10.1 Å². The second-order valence-electron chi connectivity index (χ2n) is 6.08. The Balaban J connectivity index is 2.42. The molecule has 1 aliphatic carbocycles. The molecule has 1 atom stereocenters. The van der Waals surface area contributed by atoms with E-state index in [1.165, 1.54) is 25.7 Å². The van der Waals surface area contributed by atoms with E-state index in [2.05, 4.69) is 26.1 Å². The molecule has 94 valence electrons. The molecule has 3 heteroatoms. The topological polar surface area (TPSA) is 38.3 Å². The number of ether oxygens (including phenoxy) is 1. The Hall–Kier alpha value is -0.730. The van der Waals surface area contributed by atoms with Gasteiger partial charge in [0, 0.05) is 6.54 Å². The molecule has 1 N–H and O–H groups in total. The maximum atomic E-state index is 11.3. The van der Waals surface area contributed by atoms with E-state index in [0.717, 1.165) is 6.54 Å². The van der Waals surface area contributed by atoms with E-state index in [9.17, 15) is 4.79 Å². The highest BCUT2D eigenvalue weighted by Crippen LogP contribution is 2.45. The molecule has 0 radical (unpaired) electrons. The molecule has 0 spiro atoms. The lowest BCUT2D eigenvalue weighted by molar-refractivity contribution is 0.0916. The molecule has 0 saturated heterocycles. The molecule has 1 fully saturated rings. The van der Waals surface area contributed by atoms with Crippen LogP contribution in [0.3, 0.4) is 0 Å². The number of hydrogen-bond donors (Lipinski definition) is 1. The summed E-state index contributed by atoms with van der Waals surface area (Å²) in [6.07, 6.45) is 4.64. The molecule has 3 nitrogen and oxygen atoms in total. The van der Waals surface area contributed by atoms with Crippen molar-refractivity contribution in [3.63, 3.8) is 0 Å². The summed E-state index contributed by atoms with van der Waals surface area (Å²) in [7, 11) is 0. The van der Waals surface area contributed by atoms with Gasteiger partial charge in [0.2, 0.25) is 0 Å². The van der Waals surface area contributed by atoms with Gasteiger partial charge in [-0.1, -0.05) is 27.2 Å². The zero-order chi connectivity index (χ0) is 12.2. The van der Waals surface area contributed by atoms with Crippen molar-refractivity contribution in [3.05, 3.63) is 0 Å². The number of hydrogen-bond acceptors (Lipinski definition) is 2. The van der Waals surface area contributed by atoms with Gasteiger partial charge in [-0.2, -0.15) is 0 Å². The van der Waals surface area contributed by atoms with Gasteiger partial charge in [0.25, 0.3) is 0 Å². The van der Waals surface area contributed by atoms with Crippen LogP contribution in [0.1, 0.15) is 53.4 Å². The van der Waals surface area contributed by atoms with Crippen LogP contribution in [0, 0.1) is 10.8 Å². The Labute approximate surface area is 98.9 Å². The van der Waals surface area contributed by atoms with Gasteiger partial charge in [-0.3, -0.25) is 0 Å². The highest BCUT2D eigenvalue weighted by atomic mass is 16.5. The fourth-order valence-corrected chi connectivity index (χ4v) is 2.94. The van der Waals surface area contributed by atoms with Crippen LogP contribution in [0.5, 0.6) is 0 Å². The average molecular weight is 227 g/mol. The third-order valence-corrected chi connectivity index (χ3v) is 3.47. The van der Waals surface area contributed by atoms with Gasteiger partial charge in [0.05, 0.1) is 6.61 Å². The number of alkyl carbamates (subject to hydrolysis) is 1. The van der Waals surface area contributed by atoms with Crippen molar-refractivity contribution in [3.8, 4) is 0 Å². The van der Waals surface area contributed by atoms with E-state index in [0.29, 0.717) is 12.0 Å². The normalized spacial score (nSPS) is 28.5. The smallest absolute Gasteiger partial charge is 0.407 e. The Morgan fingerprint density at radius 2 is 2.00 bits per heavy atom. The van der Waals surface area contributed by atoms with Crippen molar-refractivity contribution in [2.75, 3.05) is 13.2 Å². The summed E-state index contributed by atoms with van der Waals surface area (Å²) in [5.74, 6) is 0. The predicted octanol–water partition coefficient (Wildman–Crippen LogP) is 3.34. The molecule has 16 heavy (non-hydrogen) atoms. The minimum atomic E-state index is -0.285. The quantitative estimate of drug-likeness (QED) is 0.803. The number of nitrogens with one attached hydrogen (secondary N) is 1. The lowest BCUT2D eigenvalue weighted by Crippen LogP contribution is -2.41. The monoisotopic (exact) mass is 227 g/mol. The van der Waals surface area contributed by atoms with E-state index in [-0.39, 0.29) is 11.5 Å². The molecule has 1 saturated carbocycles. The molecule has 1 aliphatic rings. The fraction of sp³-hybridized carbons (Fsp3) is 0.923. The Kier molecular flexibility index (Phi) is 4.22. The lowest BCUT2D eigenvalue weighted by atomic mass is 9.64. The molecule has 1 unspecified atom stereocenters. The lowest BCUT2D eigenvalue weighted by Gasteiger charge is -2.42. The first-order valence-electron chi connectivity index (χ1n) is 6.28. The van der Waals surface area contributed by atoms with Crippen LogP contribution in [0.25, 0.3) is 0 Å². The Morgan fingerprint density at radius 3 is 2.56 bits per heavy atom. The minimum Gasteiger partial charge on any atom is -0.450 e. The Bertz CT molecular complexity index is 250. The van der Waals surface area contributed by atoms with Gasteiger partial charge in [-0.25, -0.2) is 4.79 Å². The third-order valence-electron chi connectivity index (χ3n) is 3.47. The van der Waals surface area contributed by atoms with E-state index in [4.69, 9.17) is 4.74 Å². The maximum Gasteiger partial charge on any atom is 0.407 e. The van der Waals surface area contributed by atoms with Crippen LogP contribution in [0.15, 0.2) is 0 Å². The molecular formula is C13H25NO2. The van der Waals surface area contributed by atoms with Crippen molar-refractivity contribution in [1.82, 2.24) is 5.32 Å². The highest BCUT2D eigenvalue weighted by molar-refractivity contribution is 5.67. The first-order chi connectivity index (χ1) is 7.37. The highest BCUT2D eigenvalue weighted by Gasteiger charge is 2.36. The Morgan fingerprint density at radius 1 is 1.31 bits per heavy atom. The summed E-state index contributed by atoms with van der Waals surface area (Å²) in [6.45, 7) is 9.89. The van der Waals surface area contributed by atoms with Crippen LogP contribution in [-0.4, -0.2) is 19.2 Å². The summed E-state index contributed by atoms with van der Waals surface area (Å²) in [4.78, 5) is 11.3. The molecule has 1 rings (SSSR count). The molecule has 0 aromatic carbocycles. The molecular weight excluding hydrogens is 202 g/mol. The molecule has 0 aromatic heterocycles. The van der Waals surface area contributed by atoms with E-state index in [1.54, 1.807) is 0 Å². The molecule has 0 bridgehead atoms. The van der Waals surface area contributed by atoms with Crippen LogP contribution >= 0.6 is 0 Å². The SMILES string of the molecule is CCOC(=O)NCC1(C)CCCC(C)(C)C1. The summed E-state index contributed by atoms with van der Waals surface area (Å²) < 4.78 is 4.88.